The van der Waals surface area contributed by atoms with Crippen LogP contribution in [0.15, 0.2) is 0 Å². The fraction of sp³-hybridized carbons (Fsp3) is 0.625. The summed E-state index contributed by atoms with van der Waals surface area (Å²) in [5.74, 6) is 1.68. The summed E-state index contributed by atoms with van der Waals surface area (Å²) in [7, 11) is 3.63. The lowest BCUT2D eigenvalue weighted by molar-refractivity contribution is -0.128. The average Bonchev–Trinajstić information content (AvgIpc) is 2.36. The summed E-state index contributed by atoms with van der Waals surface area (Å²) in [5.41, 5.74) is 0. The van der Waals surface area contributed by atoms with Crippen molar-refractivity contribution in [3.05, 3.63) is 11.6 Å². The van der Waals surface area contributed by atoms with Crippen molar-refractivity contribution >= 4 is 5.91 Å². The second-order valence-electron chi connectivity index (χ2n) is 3.10. The first-order valence-electron chi connectivity index (χ1n) is 4.09. The normalized spacial score (nSPS) is 10.2. The third kappa shape index (κ3) is 2.05. The summed E-state index contributed by atoms with van der Waals surface area (Å²) in [6, 6.07) is 0. The molecule has 0 spiro atoms. The van der Waals surface area contributed by atoms with Gasteiger partial charge in [-0.2, -0.15) is 0 Å². The first kappa shape index (κ1) is 9.70. The van der Waals surface area contributed by atoms with Crippen molar-refractivity contribution in [1.29, 1.82) is 0 Å². The van der Waals surface area contributed by atoms with Crippen LogP contribution in [0.3, 0.4) is 0 Å². The SMILES string of the molecule is CC(=O)N(C)Cc1nnc(C)n1C. The highest BCUT2D eigenvalue weighted by atomic mass is 16.2. The number of aromatic nitrogens is 3. The molecule has 0 atom stereocenters. The maximum Gasteiger partial charge on any atom is 0.219 e. The summed E-state index contributed by atoms with van der Waals surface area (Å²) in [5, 5.41) is 7.86. The van der Waals surface area contributed by atoms with Gasteiger partial charge in [0.05, 0.1) is 6.54 Å². The van der Waals surface area contributed by atoms with Crippen LogP contribution in [0.4, 0.5) is 0 Å². The molecule has 1 aromatic rings. The van der Waals surface area contributed by atoms with Crippen molar-refractivity contribution in [3.8, 4) is 0 Å². The van der Waals surface area contributed by atoms with E-state index in [1.165, 1.54) is 6.92 Å². The van der Waals surface area contributed by atoms with Crippen LogP contribution in [-0.2, 0) is 18.4 Å². The van der Waals surface area contributed by atoms with E-state index in [1.807, 2.05) is 18.5 Å². The first-order chi connectivity index (χ1) is 6.02. The fourth-order valence-electron chi connectivity index (χ4n) is 0.912. The van der Waals surface area contributed by atoms with E-state index in [1.54, 1.807) is 11.9 Å². The van der Waals surface area contributed by atoms with Crippen molar-refractivity contribution in [2.45, 2.75) is 20.4 Å². The van der Waals surface area contributed by atoms with E-state index in [4.69, 9.17) is 0 Å². The Morgan fingerprint density at radius 3 is 2.54 bits per heavy atom. The topological polar surface area (TPSA) is 51.0 Å². The van der Waals surface area contributed by atoms with Crippen LogP contribution in [0.25, 0.3) is 0 Å². The number of rotatable bonds is 2. The number of carbonyl (C=O) groups is 1. The summed E-state index contributed by atoms with van der Waals surface area (Å²) in [6.07, 6.45) is 0. The Balaban J connectivity index is 2.74. The van der Waals surface area contributed by atoms with Crippen LogP contribution < -0.4 is 0 Å². The monoisotopic (exact) mass is 182 g/mol. The van der Waals surface area contributed by atoms with Gasteiger partial charge in [0, 0.05) is 21.0 Å². The van der Waals surface area contributed by atoms with Crippen LogP contribution >= 0.6 is 0 Å². The van der Waals surface area contributed by atoms with E-state index < -0.39 is 0 Å². The molecule has 0 aliphatic heterocycles. The molecule has 0 saturated carbocycles. The molecule has 0 aliphatic carbocycles. The summed E-state index contributed by atoms with van der Waals surface area (Å²) >= 11 is 0. The zero-order valence-electron chi connectivity index (χ0n) is 8.40. The van der Waals surface area contributed by atoms with Crippen LogP contribution in [0.2, 0.25) is 0 Å². The molecule has 0 radical (unpaired) electrons. The molecule has 0 bridgehead atoms. The predicted molar refractivity (Wildman–Crippen MR) is 47.9 cm³/mol. The van der Waals surface area contributed by atoms with E-state index in [2.05, 4.69) is 10.2 Å². The Labute approximate surface area is 77.4 Å². The quantitative estimate of drug-likeness (QED) is 0.652. The Morgan fingerprint density at radius 1 is 1.54 bits per heavy atom. The molecule has 1 aromatic heterocycles. The van der Waals surface area contributed by atoms with E-state index in [0.717, 1.165) is 11.6 Å². The van der Waals surface area contributed by atoms with Gasteiger partial charge in [0.25, 0.3) is 0 Å². The number of hydrogen-bond acceptors (Lipinski definition) is 3. The molecular weight excluding hydrogens is 168 g/mol. The smallest absolute Gasteiger partial charge is 0.219 e. The molecule has 1 rings (SSSR count). The second-order valence-corrected chi connectivity index (χ2v) is 3.10. The molecule has 0 unspecified atom stereocenters. The lowest BCUT2D eigenvalue weighted by atomic mass is 10.5. The maximum atomic E-state index is 10.9. The average molecular weight is 182 g/mol. The third-order valence-electron chi connectivity index (χ3n) is 2.10. The Hall–Kier alpha value is -1.39. The molecule has 0 saturated heterocycles. The van der Waals surface area contributed by atoms with Gasteiger partial charge in [-0.1, -0.05) is 0 Å². The zero-order valence-corrected chi connectivity index (χ0v) is 8.40. The minimum atomic E-state index is 0.0284. The van der Waals surface area contributed by atoms with E-state index >= 15 is 0 Å². The molecule has 72 valence electrons. The molecule has 0 N–H and O–H groups in total. The number of hydrogen-bond donors (Lipinski definition) is 0. The maximum absolute atomic E-state index is 10.9. The van der Waals surface area contributed by atoms with Gasteiger partial charge in [0.1, 0.15) is 5.82 Å². The van der Waals surface area contributed by atoms with Crippen molar-refractivity contribution < 1.29 is 4.79 Å². The molecule has 13 heavy (non-hydrogen) atoms. The van der Waals surface area contributed by atoms with Crippen molar-refractivity contribution in [3.63, 3.8) is 0 Å². The highest BCUT2D eigenvalue weighted by molar-refractivity contribution is 5.72. The molecule has 5 heteroatoms. The van der Waals surface area contributed by atoms with Gasteiger partial charge in [0.15, 0.2) is 5.82 Å². The lowest BCUT2D eigenvalue weighted by Crippen LogP contribution is -2.24. The summed E-state index contributed by atoms with van der Waals surface area (Å²) < 4.78 is 1.87. The van der Waals surface area contributed by atoms with Gasteiger partial charge < -0.3 is 9.47 Å². The van der Waals surface area contributed by atoms with Crippen LogP contribution in [0.1, 0.15) is 18.6 Å². The van der Waals surface area contributed by atoms with Gasteiger partial charge in [-0.15, -0.1) is 10.2 Å². The predicted octanol–water partition coefficient (Wildman–Crippen LogP) is 0.102. The Kier molecular flexibility index (Phi) is 2.65. The summed E-state index contributed by atoms with van der Waals surface area (Å²) in [6.45, 7) is 3.92. The Bertz CT molecular complexity index is 318. The van der Waals surface area contributed by atoms with Gasteiger partial charge in [-0.25, -0.2) is 0 Å². The van der Waals surface area contributed by atoms with Crippen LogP contribution in [0, 0.1) is 6.92 Å². The Morgan fingerprint density at radius 2 is 2.15 bits per heavy atom. The van der Waals surface area contributed by atoms with E-state index in [-0.39, 0.29) is 5.91 Å². The van der Waals surface area contributed by atoms with Crippen LogP contribution in [0.5, 0.6) is 0 Å². The van der Waals surface area contributed by atoms with Crippen molar-refractivity contribution in [2.75, 3.05) is 7.05 Å². The van der Waals surface area contributed by atoms with Crippen LogP contribution in [-0.4, -0.2) is 32.6 Å². The third-order valence-corrected chi connectivity index (χ3v) is 2.10. The molecule has 1 amide bonds. The standard InChI is InChI=1S/C8H14N4O/c1-6-9-10-8(12(6)4)5-11(3)7(2)13/h5H2,1-4H3. The molecule has 0 aliphatic rings. The van der Waals surface area contributed by atoms with E-state index in [9.17, 15) is 4.79 Å². The minimum absolute atomic E-state index is 0.0284. The van der Waals surface area contributed by atoms with Crippen molar-refractivity contribution in [1.82, 2.24) is 19.7 Å². The lowest BCUT2D eigenvalue weighted by Gasteiger charge is -2.13. The summed E-state index contributed by atoms with van der Waals surface area (Å²) in [4.78, 5) is 12.5. The molecule has 1 heterocycles. The number of amides is 1. The number of carbonyl (C=O) groups excluding carboxylic acids is 1. The molecular formula is C8H14N4O. The van der Waals surface area contributed by atoms with Crippen molar-refractivity contribution in [2.24, 2.45) is 7.05 Å². The van der Waals surface area contributed by atoms with Gasteiger partial charge in [-0.05, 0) is 6.92 Å². The minimum Gasteiger partial charge on any atom is -0.338 e. The molecule has 0 fully saturated rings. The molecule has 0 aromatic carbocycles. The fourth-order valence-corrected chi connectivity index (χ4v) is 0.912. The van der Waals surface area contributed by atoms with Gasteiger partial charge in [-0.3, -0.25) is 4.79 Å². The largest absolute Gasteiger partial charge is 0.338 e. The van der Waals surface area contributed by atoms with Gasteiger partial charge in [0.2, 0.25) is 5.91 Å². The highest BCUT2D eigenvalue weighted by Gasteiger charge is 2.09. The van der Waals surface area contributed by atoms with E-state index in [0.29, 0.717) is 6.54 Å². The van der Waals surface area contributed by atoms with Gasteiger partial charge >= 0.3 is 0 Å². The molecule has 5 nitrogen and oxygen atoms in total. The second kappa shape index (κ2) is 3.55. The highest BCUT2D eigenvalue weighted by Crippen LogP contribution is 2.00. The number of aryl methyl sites for hydroxylation is 1. The number of nitrogens with zero attached hydrogens (tertiary/aromatic N) is 4. The zero-order chi connectivity index (χ0) is 10.0. The first-order valence-corrected chi connectivity index (χ1v) is 4.09.